The van der Waals surface area contributed by atoms with Crippen LogP contribution in [0.1, 0.15) is 66.2 Å². The summed E-state index contributed by atoms with van der Waals surface area (Å²) in [5.74, 6) is 0.909. The van der Waals surface area contributed by atoms with Gasteiger partial charge in [0.25, 0.3) is 0 Å². The standard InChI is InChI=1S/C17H34N2/c1-5-16(13-18-15-8-9-15)19-11-6-7-14(10-12-19)17(2,3)4/h14-16,18H,5-13H2,1-4H3. The van der Waals surface area contributed by atoms with Crippen molar-refractivity contribution in [2.45, 2.75) is 78.3 Å². The van der Waals surface area contributed by atoms with Crippen LogP contribution in [0.5, 0.6) is 0 Å². The summed E-state index contributed by atoms with van der Waals surface area (Å²) in [4.78, 5) is 2.76. The molecule has 112 valence electrons. The molecule has 0 amide bonds. The molecule has 0 spiro atoms. The van der Waals surface area contributed by atoms with Crippen molar-refractivity contribution in [2.24, 2.45) is 11.3 Å². The molecule has 2 atom stereocenters. The van der Waals surface area contributed by atoms with E-state index in [1.54, 1.807) is 0 Å². The molecule has 0 aromatic carbocycles. The Labute approximate surface area is 120 Å². The second-order valence-electron chi connectivity index (χ2n) is 7.77. The van der Waals surface area contributed by atoms with Crippen molar-refractivity contribution < 1.29 is 0 Å². The van der Waals surface area contributed by atoms with Crippen LogP contribution in [0.4, 0.5) is 0 Å². The smallest absolute Gasteiger partial charge is 0.0218 e. The molecule has 0 bridgehead atoms. The van der Waals surface area contributed by atoms with Crippen molar-refractivity contribution in [1.29, 1.82) is 0 Å². The summed E-state index contributed by atoms with van der Waals surface area (Å²) in [5.41, 5.74) is 0.490. The molecular weight excluding hydrogens is 232 g/mol. The van der Waals surface area contributed by atoms with Gasteiger partial charge in [0.15, 0.2) is 0 Å². The summed E-state index contributed by atoms with van der Waals surface area (Å²) < 4.78 is 0. The maximum absolute atomic E-state index is 3.73. The van der Waals surface area contributed by atoms with E-state index >= 15 is 0 Å². The maximum atomic E-state index is 3.73. The Kier molecular flexibility index (Phi) is 5.30. The molecule has 1 N–H and O–H groups in total. The lowest BCUT2D eigenvalue weighted by atomic mass is 9.77. The van der Waals surface area contributed by atoms with E-state index in [1.807, 2.05) is 0 Å². The number of hydrogen-bond acceptors (Lipinski definition) is 2. The van der Waals surface area contributed by atoms with E-state index in [0.717, 1.165) is 18.0 Å². The molecular formula is C17H34N2. The van der Waals surface area contributed by atoms with Crippen LogP contribution in [0.25, 0.3) is 0 Å². The Morgan fingerprint density at radius 3 is 2.42 bits per heavy atom. The lowest BCUT2D eigenvalue weighted by molar-refractivity contribution is 0.175. The van der Waals surface area contributed by atoms with E-state index in [9.17, 15) is 0 Å². The molecule has 19 heavy (non-hydrogen) atoms. The summed E-state index contributed by atoms with van der Waals surface area (Å²) in [6.07, 6.45) is 8.31. The van der Waals surface area contributed by atoms with Gasteiger partial charge in [0.2, 0.25) is 0 Å². The SMILES string of the molecule is CCC(CNC1CC1)N1CCCC(C(C)(C)C)CC1. The largest absolute Gasteiger partial charge is 0.312 e. The number of likely N-dealkylation sites (tertiary alicyclic amines) is 1. The van der Waals surface area contributed by atoms with Gasteiger partial charge < -0.3 is 5.32 Å². The van der Waals surface area contributed by atoms with Gasteiger partial charge >= 0.3 is 0 Å². The van der Waals surface area contributed by atoms with Crippen molar-refractivity contribution in [3.63, 3.8) is 0 Å². The summed E-state index contributed by atoms with van der Waals surface area (Å²) in [5, 5.41) is 3.73. The highest BCUT2D eigenvalue weighted by atomic mass is 15.2. The van der Waals surface area contributed by atoms with E-state index in [-0.39, 0.29) is 0 Å². The first-order valence-electron chi connectivity index (χ1n) is 8.48. The van der Waals surface area contributed by atoms with Gasteiger partial charge in [-0.1, -0.05) is 27.7 Å². The summed E-state index contributed by atoms with van der Waals surface area (Å²) in [6, 6.07) is 1.61. The lowest BCUT2D eigenvalue weighted by Gasteiger charge is -2.32. The third kappa shape index (κ3) is 4.75. The first kappa shape index (κ1) is 15.3. The van der Waals surface area contributed by atoms with Crippen LogP contribution >= 0.6 is 0 Å². The maximum Gasteiger partial charge on any atom is 0.0218 e. The topological polar surface area (TPSA) is 15.3 Å². The summed E-state index contributed by atoms with van der Waals surface area (Å²) >= 11 is 0. The molecule has 2 aliphatic rings. The van der Waals surface area contributed by atoms with Crippen molar-refractivity contribution >= 4 is 0 Å². The average Bonchev–Trinajstić information content (AvgIpc) is 3.14. The van der Waals surface area contributed by atoms with E-state index in [4.69, 9.17) is 0 Å². The molecule has 0 aromatic rings. The molecule has 2 nitrogen and oxygen atoms in total. The highest BCUT2D eigenvalue weighted by Crippen LogP contribution is 2.34. The zero-order chi connectivity index (χ0) is 13.9. The van der Waals surface area contributed by atoms with Gasteiger partial charge in [-0.05, 0) is 62.9 Å². The molecule has 0 radical (unpaired) electrons. The Balaban J connectivity index is 1.82. The number of nitrogens with one attached hydrogen (secondary N) is 1. The molecule has 1 saturated heterocycles. The third-order valence-electron chi connectivity index (χ3n) is 5.19. The van der Waals surface area contributed by atoms with E-state index in [2.05, 4.69) is 37.9 Å². The molecule has 2 fully saturated rings. The number of nitrogens with zero attached hydrogens (tertiary/aromatic N) is 1. The quantitative estimate of drug-likeness (QED) is 0.817. The molecule has 2 unspecified atom stereocenters. The molecule has 0 aromatic heterocycles. The minimum atomic E-state index is 0.490. The van der Waals surface area contributed by atoms with Crippen molar-refractivity contribution in [2.75, 3.05) is 19.6 Å². The summed E-state index contributed by atoms with van der Waals surface area (Å²) in [6.45, 7) is 13.4. The van der Waals surface area contributed by atoms with Gasteiger partial charge in [-0.25, -0.2) is 0 Å². The van der Waals surface area contributed by atoms with Gasteiger partial charge in [-0.2, -0.15) is 0 Å². The van der Waals surface area contributed by atoms with Gasteiger partial charge in [0, 0.05) is 18.6 Å². The summed E-state index contributed by atoms with van der Waals surface area (Å²) in [7, 11) is 0. The van der Waals surface area contributed by atoms with Gasteiger partial charge in [-0.3, -0.25) is 4.90 Å². The van der Waals surface area contributed by atoms with Crippen LogP contribution in [-0.4, -0.2) is 36.6 Å². The Morgan fingerprint density at radius 2 is 1.84 bits per heavy atom. The monoisotopic (exact) mass is 266 g/mol. The zero-order valence-electron chi connectivity index (χ0n) is 13.5. The fraction of sp³-hybridized carbons (Fsp3) is 1.00. The molecule has 1 aliphatic carbocycles. The number of rotatable bonds is 5. The first-order chi connectivity index (χ1) is 9.00. The predicted octanol–water partition coefficient (Wildman–Crippen LogP) is 3.67. The molecule has 2 heteroatoms. The molecule has 1 aliphatic heterocycles. The van der Waals surface area contributed by atoms with Crippen molar-refractivity contribution in [1.82, 2.24) is 10.2 Å². The minimum Gasteiger partial charge on any atom is -0.312 e. The van der Waals surface area contributed by atoms with E-state index < -0.39 is 0 Å². The second kappa shape index (κ2) is 6.58. The van der Waals surface area contributed by atoms with E-state index in [1.165, 1.54) is 58.2 Å². The van der Waals surface area contributed by atoms with Crippen molar-refractivity contribution in [3.8, 4) is 0 Å². The molecule has 1 heterocycles. The number of hydrogen-bond donors (Lipinski definition) is 1. The van der Waals surface area contributed by atoms with Crippen LogP contribution in [-0.2, 0) is 0 Å². The first-order valence-corrected chi connectivity index (χ1v) is 8.48. The lowest BCUT2D eigenvalue weighted by Crippen LogP contribution is -2.43. The fourth-order valence-electron chi connectivity index (χ4n) is 3.47. The molecule has 1 saturated carbocycles. The highest BCUT2D eigenvalue weighted by molar-refractivity contribution is 4.86. The Morgan fingerprint density at radius 1 is 1.11 bits per heavy atom. The fourth-order valence-corrected chi connectivity index (χ4v) is 3.47. The van der Waals surface area contributed by atoms with Crippen LogP contribution in [0.15, 0.2) is 0 Å². The minimum absolute atomic E-state index is 0.490. The van der Waals surface area contributed by atoms with Gasteiger partial charge in [0.1, 0.15) is 0 Å². The average molecular weight is 266 g/mol. The normalized spacial score (nSPS) is 28.1. The van der Waals surface area contributed by atoms with Crippen LogP contribution in [0, 0.1) is 11.3 Å². The Hall–Kier alpha value is -0.0800. The van der Waals surface area contributed by atoms with Gasteiger partial charge in [-0.15, -0.1) is 0 Å². The predicted molar refractivity (Wildman–Crippen MR) is 83.5 cm³/mol. The third-order valence-corrected chi connectivity index (χ3v) is 5.19. The molecule has 2 rings (SSSR count). The van der Waals surface area contributed by atoms with Crippen LogP contribution in [0.3, 0.4) is 0 Å². The van der Waals surface area contributed by atoms with Gasteiger partial charge in [0.05, 0.1) is 0 Å². The Bertz CT molecular complexity index is 265. The van der Waals surface area contributed by atoms with Crippen LogP contribution < -0.4 is 5.32 Å². The van der Waals surface area contributed by atoms with Crippen LogP contribution in [0.2, 0.25) is 0 Å². The second-order valence-corrected chi connectivity index (χ2v) is 7.77. The highest BCUT2D eigenvalue weighted by Gasteiger charge is 2.29. The van der Waals surface area contributed by atoms with Crippen molar-refractivity contribution in [3.05, 3.63) is 0 Å². The zero-order valence-corrected chi connectivity index (χ0v) is 13.5. The van der Waals surface area contributed by atoms with E-state index in [0.29, 0.717) is 5.41 Å².